The maximum atomic E-state index is 6.04. The predicted molar refractivity (Wildman–Crippen MR) is 47.5 cm³/mol. The summed E-state index contributed by atoms with van der Waals surface area (Å²) in [4.78, 5) is 0. The Labute approximate surface area is 72.6 Å². The first kappa shape index (κ1) is 7.80. The van der Waals surface area contributed by atoms with E-state index >= 15 is 0 Å². The summed E-state index contributed by atoms with van der Waals surface area (Å²) >= 11 is 0. The van der Waals surface area contributed by atoms with Gasteiger partial charge in [-0.25, -0.2) is 0 Å². The Hall–Kier alpha value is -0.830. The van der Waals surface area contributed by atoms with Crippen molar-refractivity contribution in [2.24, 2.45) is 18.7 Å². The molecule has 1 aliphatic rings. The second-order valence-corrected chi connectivity index (χ2v) is 3.63. The molecule has 0 aromatic carbocycles. The minimum absolute atomic E-state index is 0.167. The Morgan fingerprint density at radius 2 is 2.42 bits per heavy atom. The van der Waals surface area contributed by atoms with Gasteiger partial charge in [0.1, 0.15) is 0 Å². The summed E-state index contributed by atoms with van der Waals surface area (Å²) in [6, 6.07) is 2.18. The lowest BCUT2D eigenvalue weighted by atomic mass is 9.79. The van der Waals surface area contributed by atoms with E-state index in [-0.39, 0.29) is 6.04 Å². The Balaban J connectivity index is 2.08. The van der Waals surface area contributed by atoms with Crippen molar-refractivity contribution in [2.45, 2.75) is 25.3 Å². The average Bonchev–Trinajstić information content (AvgIpc) is 2.31. The first-order chi connectivity index (χ1) is 5.77. The van der Waals surface area contributed by atoms with Crippen LogP contribution < -0.4 is 5.73 Å². The number of rotatable bonds is 2. The fraction of sp³-hybridized carbons (Fsp3) is 0.667. The largest absolute Gasteiger partial charge is 0.322 e. The van der Waals surface area contributed by atoms with E-state index in [0.717, 1.165) is 5.69 Å². The highest BCUT2D eigenvalue weighted by Gasteiger charge is 2.26. The van der Waals surface area contributed by atoms with E-state index in [0.29, 0.717) is 5.92 Å². The highest BCUT2D eigenvalue weighted by molar-refractivity contribution is 5.07. The summed E-state index contributed by atoms with van der Waals surface area (Å²) in [6.45, 7) is 0. The van der Waals surface area contributed by atoms with E-state index in [9.17, 15) is 0 Å². The second-order valence-electron chi connectivity index (χ2n) is 3.63. The van der Waals surface area contributed by atoms with Crippen molar-refractivity contribution >= 4 is 0 Å². The molecule has 1 aromatic rings. The van der Waals surface area contributed by atoms with Gasteiger partial charge in [-0.3, -0.25) is 4.68 Å². The molecule has 1 heterocycles. The molecular formula is C9H15N3. The van der Waals surface area contributed by atoms with Crippen molar-refractivity contribution in [3.05, 3.63) is 18.0 Å². The quantitative estimate of drug-likeness (QED) is 0.716. The van der Waals surface area contributed by atoms with Crippen molar-refractivity contribution < 1.29 is 0 Å². The SMILES string of the molecule is Cn1ccc(C(N)C2CCC2)n1. The number of aromatic nitrogens is 2. The minimum atomic E-state index is 0.167. The topological polar surface area (TPSA) is 43.8 Å². The van der Waals surface area contributed by atoms with E-state index in [1.807, 2.05) is 24.0 Å². The van der Waals surface area contributed by atoms with Crippen LogP contribution >= 0.6 is 0 Å². The van der Waals surface area contributed by atoms with E-state index < -0.39 is 0 Å². The first-order valence-corrected chi connectivity index (χ1v) is 4.52. The molecule has 1 aromatic heterocycles. The van der Waals surface area contributed by atoms with E-state index in [4.69, 9.17) is 5.73 Å². The number of nitrogens with zero attached hydrogens (tertiary/aromatic N) is 2. The van der Waals surface area contributed by atoms with Crippen LogP contribution in [-0.4, -0.2) is 9.78 Å². The molecule has 0 spiro atoms. The zero-order chi connectivity index (χ0) is 8.55. The van der Waals surface area contributed by atoms with Gasteiger partial charge in [0.05, 0.1) is 11.7 Å². The molecule has 0 aliphatic heterocycles. The third-order valence-electron chi connectivity index (χ3n) is 2.73. The average molecular weight is 165 g/mol. The van der Waals surface area contributed by atoms with Gasteiger partial charge >= 0.3 is 0 Å². The zero-order valence-electron chi connectivity index (χ0n) is 7.40. The van der Waals surface area contributed by atoms with Crippen LogP contribution in [0.3, 0.4) is 0 Å². The second kappa shape index (κ2) is 2.90. The van der Waals surface area contributed by atoms with Gasteiger partial charge in [0, 0.05) is 13.2 Å². The molecule has 0 amide bonds. The number of aryl methyl sites for hydroxylation is 1. The van der Waals surface area contributed by atoms with Gasteiger partial charge in [0.25, 0.3) is 0 Å². The molecule has 0 saturated heterocycles. The summed E-state index contributed by atoms with van der Waals surface area (Å²) in [6.07, 6.45) is 5.84. The normalized spacial score (nSPS) is 20.5. The van der Waals surface area contributed by atoms with Gasteiger partial charge in [-0.1, -0.05) is 6.42 Å². The summed E-state index contributed by atoms with van der Waals surface area (Å²) in [5.74, 6) is 0.680. The van der Waals surface area contributed by atoms with Gasteiger partial charge in [-0.05, 0) is 24.8 Å². The van der Waals surface area contributed by atoms with Crippen LogP contribution in [0.2, 0.25) is 0 Å². The van der Waals surface area contributed by atoms with Crippen molar-refractivity contribution in [1.29, 1.82) is 0 Å². The molecule has 1 aliphatic carbocycles. The molecular weight excluding hydrogens is 150 g/mol. The number of nitrogens with two attached hydrogens (primary N) is 1. The molecule has 3 nitrogen and oxygen atoms in total. The lowest BCUT2D eigenvalue weighted by molar-refractivity contribution is 0.260. The third kappa shape index (κ3) is 1.25. The lowest BCUT2D eigenvalue weighted by Crippen LogP contribution is -2.27. The van der Waals surface area contributed by atoms with Gasteiger partial charge in [0.15, 0.2) is 0 Å². The van der Waals surface area contributed by atoms with E-state index in [2.05, 4.69) is 5.10 Å². The molecule has 0 radical (unpaired) electrons. The van der Waals surface area contributed by atoms with Gasteiger partial charge in [-0.15, -0.1) is 0 Å². The predicted octanol–water partition coefficient (Wildman–Crippen LogP) is 1.22. The number of hydrogen-bond acceptors (Lipinski definition) is 2. The third-order valence-corrected chi connectivity index (χ3v) is 2.73. The summed E-state index contributed by atoms with van der Waals surface area (Å²) in [5.41, 5.74) is 7.08. The van der Waals surface area contributed by atoms with Crippen molar-refractivity contribution in [2.75, 3.05) is 0 Å². The van der Waals surface area contributed by atoms with Crippen LogP contribution in [0.15, 0.2) is 12.3 Å². The fourth-order valence-corrected chi connectivity index (χ4v) is 1.65. The van der Waals surface area contributed by atoms with Crippen LogP contribution in [0.4, 0.5) is 0 Å². The van der Waals surface area contributed by atoms with Crippen LogP contribution in [0.1, 0.15) is 31.0 Å². The maximum Gasteiger partial charge on any atom is 0.0794 e. The van der Waals surface area contributed by atoms with E-state index in [1.165, 1.54) is 19.3 Å². The molecule has 66 valence electrons. The highest BCUT2D eigenvalue weighted by Crippen LogP contribution is 2.35. The summed E-state index contributed by atoms with van der Waals surface area (Å²) < 4.78 is 1.81. The number of hydrogen-bond donors (Lipinski definition) is 1. The Bertz CT molecular complexity index is 262. The Morgan fingerprint density at radius 3 is 2.83 bits per heavy atom. The minimum Gasteiger partial charge on any atom is -0.322 e. The van der Waals surface area contributed by atoms with Crippen molar-refractivity contribution in [3.8, 4) is 0 Å². The van der Waals surface area contributed by atoms with Crippen LogP contribution in [0.5, 0.6) is 0 Å². The lowest BCUT2D eigenvalue weighted by Gasteiger charge is -2.29. The maximum absolute atomic E-state index is 6.04. The molecule has 0 bridgehead atoms. The van der Waals surface area contributed by atoms with Gasteiger partial charge in [0.2, 0.25) is 0 Å². The highest BCUT2D eigenvalue weighted by atomic mass is 15.3. The smallest absolute Gasteiger partial charge is 0.0794 e. The monoisotopic (exact) mass is 165 g/mol. The van der Waals surface area contributed by atoms with Crippen LogP contribution in [0, 0.1) is 5.92 Å². The molecule has 1 atom stereocenters. The molecule has 1 unspecified atom stereocenters. The summed E-state index contributed by atoms with van der Waals surface area (Å²) in [7, 11) is 1.93. The molecule has 12 heavy (non-hydrogen) atoms. The van der Waals surface area contributed by atoms with Crippen molar-refractivity contribution in [1.82, 2.24) is 9.78 Å². The van der Waals surface area contributed by atoms with Crippen LogP contribution in [-0.2, 0) is 7.05 Å². The molecule has 1 saturated carbocycles. The molecule has 2 N–H and O–H groups in total. The zero-order valence-corrected chi connectivity index (χ0v) is 7.40. The van der Waals surface area contributed by atoms with E-state index in [1.54, 1.807) is 0 Å². The Kier molecular flexibility index (Phi) is 1.89. The van der Waals surface area contributed by atoms with Gasteiger partial charge in [-0.2, -0.15) is 5.10 Å². The molecule has 2 rings (SSSR count). The van der Waals surface area contributed by atoms with Crippen molar-refractivity contribution in [3.63, 3.8) is 0 Å². The fourth-order valence-electron chi connectivity index (χ4n) is 1.65. The molecule has 1 fully saturated rings. The summed E-state index contributed by atoms with van der Waals surface area (Å²) in [5, 5.41) is 4.31. The standard InChI is InChI=1S/C9H15N3/c1-12-6-5-8(11-12)9(10)7-3-2-4-7/h5-7,9H,2-4,10H2,1H3. The van der Waals surface area contributed by atoms with Gasteiger partial charge < -0.3 is 5.73 Å². The van der Waals surface area contributed by atoms with Crippen LogP contribution in [0.25, 0.3) is 0 Å². The first-order valence-electron chi connectivity index (χ1n) is 4.52. The Morgan fingerprint density at radius 1 is 1.67 bits per heavy atom. The molecule has 3 heteroatoms.